The van der Waals surface area contributed by atoms with Crippen LogP contribution in [0.3, 0.4) is 0 Å². The fourth-order valence-electron chi connectivity index (χ4n) is 8.80. The van der Waals surface area contributed by atoms with Gasteiger partial charge in [-0.15, -0.1) is 0 Å². The molecule has 0 aliphatic rings. The minimum atomic E-state index is -1.53. The molecule has 0 saturated heterocycles. The van der Waals surface area contributed by atoms with E-state index in [1.807, 2.05) is 21.1 Å². The van der Waals surface area contributed by atoms with E-state index in [2.05, 4.69) is 184 Å². The lowest BCUT2D eigenvalue weighted by Gasteiger charge is -2.25. The number of nitrogens with zero attached hydrogens (tertiary/aromatic N) is 1. The lowest BCUT2D eigenvalue weighted by Crippen LogP contribution is -2.40. The third-order valence-corrected chi connectivity index (χ3v) is 14.0. The van der Waals surface area contributed by atoms with Gasteiger partial charge in [-0.05, 0) is 128 Å². The predicted octanol–water partition coefficient (Wildman–Crippen LogP) is 21.5. The van der Waals surface area contributed by atoms with E-state index in [1.165, 1.54) is 64.2 Å². The van der Waals surface area contributed by atoms with Gasteiger partial charge in [0.2, 0.25) is 0 Å². The Labute approximate surface area is 533 Å². The number of carboxylic acids is 1. The SMILES string of the molecule is CC/C=C\C/C=C\C/C=C\C/C=C\C/C=C\C/C=C\C/C=C\CCCCCCCCCCCC(=O)OCC(COC(OCC[N+](C)(C)C)C(=O)O)OC(=O)CCCCCCCCCCC/C=C\C/C=C\C/C=C\C/C=C\C/C=C\C/C=C\C/C=C\CC. The molecule has 0 rings (SSSR count). The van der Waals surface area contributed by atoms with Crippen molar-refractivity contribution in [1.82, 2.24) is 0 Å². The summed E-state index contributed by atoms with van der Waals surface area (Å²) in [5.41, 5.74) is 0. The molecule has 1 N–H and O–H groups in total. The maximum atomic E-state index is 12.9. The van der Waals surface area contributed by atoms with Crippen molar-refractivity contribution in [3.63, 3.8) is 0 Å². The number of carbonyl (C=O) groups is 3. The van der Waals surface area contributed by atoms with Crippen LogP contribution in [-0.2, 0) is 33.3 Å². The summed E-state index contributed by atoms with van der Waals surface area (Å²) in [5, 5.41) is 9.75. The summed E-state index contributed by atoms with van der Waals surface area (Å²) in [5.74, 6) is -2.04. The molecule has 0 fully saturated rings. The van der Waals surface area contributed by atoms with Crippen molar-refractivity contribution in [2.24, 2.45) is 0 Å². The van der Waals surface area contributed by atoms with Gasteiger partial charge in [0.25, 0.3) is 6.29 Å². The van der Waals surface area contributed by atoms with Crippen molar-refractivity contribution in [1.29, 1.82) is 0 Å². The molecule has 0 saturated carbocycles. The van der Waals surface area contributed by atoms with E-state index in [-0.39, 0.29) is 38.6 Å². The Morgan fingerprint density at radius 1 is 0.345 bits per heavy atom. The van der Waals surface area contributed by atoms with E-state index in [9.17, 15) is 19.5 Å². The monoisotopic (exact) mass is 1200 g/mol. The molecule has 0 aromatic heterocycles. The van der Waals surface area contributed by atoms with Crippen LogP contribution in [-0.4, -0.2) is 87.4 Å². The topological polar surface area (TPSA) is 108 Å². The number of rotatable bonds is 61. The highest BCUT2D eigenvalue weighted by molar-refractivity contribution is 5.71. The zero-order valence-corrected chi connectivity index (χ0v) is 55.9. The molecule has 2 unspecified atom stereocenters. The van der Waals surface area contributed by atoms with E-state index >= 15 is 0 Å². The zero-order chi connectivity index (χ0) is 63.3. The molecular formula is C78H126NO8+. The average Bonchev–Trinajstić information content (AvgIpc) is 3.51. The van der Waals surface area contributed by atoms with Crippen LogP contribution in [0.1, 0.15) is 245 Å². The number of likely N-dealkylation sites (N-methyl/N-ethyl adjacent to an activating group) is 1. The molecule has 9 heteroatoms. The predicted molar refractivity (Wildman–Crippen MR) is 373 cm³/mol. The molecule has 490 valence electrons. The van der Waals surface area contributed by atoms with Gasteiger partial charge in [-0.3, -0.25) is 9.59 Å². The van der Waals surface area contributed by atoms with E-state index in [0.29, 0.717) is 17.4 Å². The smallest absolute Gasteiger partial charge is 0.361 e. The molecule has 0 aliphatic heterocycles. The van der Waals surface area contributed by atoms with Gasteiger partial charge >= 0.3 is 17.9 Å². The van der Waals surface area contributed by atoms with Crippen LogP contribution in [0.25, 0.3) is 0 Å². The number of hydrogen-bond donors (Lipinski definition) is 1. The van der Waals surface area contributed by atoms with Crippen molar-refractivity contribution in [3.05, 3.63) is 170 Å². The van der Waals surface area contributed by atoms with Crippen molar-refractivity contribution >= 4 is 17.9 Å². The van der Waals surface area contributed by atoms with Crippen LogP contribution in [0.2, 0.25) is 0 Å². The Hall–Kier alpha value is -5.35. The van der Waals surface area contributed by atoms with Gasteiger partial charge in [0.15, 0.2) is 6.10 Å². The molecule has 0 radical (unpaired) electrons. The highest BCUT2D eigenvalue weighted by Crippen LogP contribution is 2.15. The maximum Gasteiger partial charge on any atom is 0.361 e. The highest BCUT2D eigenvalue weighted by atomic mass is 16.7. The highest BCUT2D eigenvalue weighted by Gasteiger charge is 2.25. The number of unbranched alkanes of at least 4 members (excludes halogenated alkanes) is 18. The summed E-state index contributed by atoms with van der Waals surface area (Å²) in [4.78, 5) is 37.6. The average molecular weight is 1210 g/mol. The van der Waals surface area contributed by atoms with Crippen LogP contribution in [0, 0.1) is 0 Å². The fourth-order valence-corrected chi connectivity index (χ4v) is 8.80. The number of quaternary nitrogens is 1. The summed E-state index contributed by atoms with van der Waals surface area (Å²) >= 11 is 0. The van der Waals surface area contributed by atoms with Crippen LogP contribution in [0.4, 0.5) is 0 Å². The molecule has 0 aromatic carbocycles. The molecule has 0 spiro atoms. The number of esters is 2. The first-order valence-electron chi connectivity index (χ1n) is 34.3. The van der Waals surface area contributed by atoms with Crippen LogP contribution < -0.4 is 0 Å². The van der Waals surface area contributed by atoms with Crippen LogP contribution in [0.15, 0.2) is 170 Å². The summed E-state index contributed by atoms with van der Waals surface area (Å²) in [7, 11) is 5.96. The largest absolute Gasteiger partial charge is 0.477 e. The first-order valence-corrected chi connectivity index (χ1v) is 34.3. The van der Waals surface area contributed by atoms with Crippen LogP contribution >= 0.6 is 0 Å². The van der Waals surface area contributed by atoms with Gasteiger partial charge in [0.1, 0.15) is 13.2 Å². The van der Waals surface area contributed by atoms with Gasteiger partial charge in [0, 0.05) is 12.8 Å². The zero-order valence-electron chi connectivity index (χ0n) is 55.9. The van der Waals surface area contributed by atoms with Crippen molar-refractivity contribution in [3.8, 4) is 0 Å². The van der Waals surface area contributed by atoms with Gasteiger partial charge in [-0.1, -0.05) is 274 Å². The Balaban J connectivity index is 4.23. The van der Waals surface area contributed by atoms with Crippen molar-refractivity contribution in [2.45, 2.75) is 257 Å². The molecule has 0 aromatic rings. The number of ether oxygens (including phenoxy) is 4. The third kappa shape index (κ3) is 68.0. The Kier molecular flexibility index (Phi) is 62.5. The molecule has 0 heterocycles. The molecule has 87 heavy (non-hydrogen) atoms. The Morgan fingerprint density at radius 2 is 0.621 bits per heavy atom. The maximum absolute atomic E-state index is 12.9. The van der Waals surface area contributed by atoms with Gasteiger partial charge < -0.3 is 28.5 Å². The second-order valence-corrected chi connectivity index (χ2v) is 23.4. The Morgan fingerprint density at radius 3 is 0.920 bits per heavy atom. The molecule has 0 amide bonds. The third-order valence-electron chi connectivity index (χ3n) is 14.0. The number of hydrogen-bond acceptors (Lipinski definition) is 7. The fraction of sp³-hybridized carbons (Fsp3) is 0.603. The second-order valence-electron chi connectivity index (χ2n) is 23.4. The molecule has 2 atom stereocenters. The van der Waals surface area contributed by atoms with Gasteiger partial charge in [0.05, 0.1) is 34.4 Å². The summed E-state index contributed by atoms with van der Waals surface area (Å²) in [6.07, 6.45) is 97.3. The van der Waals surface area contributed by atoms with E-state index in [0.717, 1.165) is 148 Å². The van der Waals surface area contributed by atoms with E-state index in [4.69, 9.17) is 18.9 Å². The standard InChI is InChI=1S/C78H125NO8/c1-6-8-10-12-14-16-18-20-22-24-26-28-30-32-34-36-38-40-42-44-46-48-50-52-54-56-58-60-62-64-66-68-75(80)85-72-74(73-86-78(77(82)83)84-71-70-79(3,4)5)87-76(81)69-67-65-63-61-59-57-55-53-51-49-47-45-43-41-39-37-35-33-31-29-27-25-23-21-19-17-15-13-11-9-7-2/h8-11,14-17,20-23,26-29,32-35,38-41,44-47,74,78H,6-7,12-13,18-19,24-25,30-31,36-37,42-43,48-73H2,1-5H3/p+1/b10-8-,11-9-,16-14-,17-15-,22-20-,23-21-,28-26-,29-27-,34-32-,35-33-,40-38-,41-39-,46-44-,47-45-. The minimum absolute atomic E-state index is 0.176. The summed E-state index contributed by atoms with van der Waals surface area (Å²) in [6.45, 7) is 4.62. The number of aliphatic carboxylic acids is 1. The lowest BCUT2D eigenvalue weighted by molar-refractivity contribution is -0.870. The number of carboxylic acid groups (broad SMARTS) is 1. The first kappa shape index (κ1) is 81.7. The van der Waals surface area contributed by atoms with E-state index < -0.39 is 24.3 Å². The van der Waals surface area contributed by atoms with Crippen LogP contribution in [0.5, 0.6) is 0 Å². The summed E-state index contributed by atoms with van der Waals surface area (Å²) in [6, 6.07) is 0. The second kappa shape index (κ2) is 66.6. The molecule has 9 nitrogen and oxygen atoms in total. The van der Waals surface area contributed by atoms with Crippen molar-refractivity contribution < 1.29 is 42.9 Å². The van der Waals surface area contributed by atoms with E-state index in [1.54, 1.807) is 0 Å². The Bertz CT molecular complexity index is 2030. The quantitative estimate of drug-likeness (QED) is 0.0211. The molecular weight excluding hydrogens is 1080 g/mol. The molecule has 0 aliphatic carbocycles. The number of carbonyl (C=O) groups excluding carboxylic acids is 2. The normalized spacial score (nSPS) is 13.8. The number of allylic oxidation sites excluding steroid dienone is 28. The van der Waals surface area contributed by atoms with Gasteiger partial charge in [-0.25, -0.2) is 4.79 Å². The lowest BCUT2D eigenvalue weighted by atomic mass is 10.1. The van der Waals surface area contributed by atoms with Gasteiger partial charge in [-0.2, -0.15) is 0 Å². The minimum Gasteiger partial charge on any atom is -0.477 e. The van der Waals surface area contributed by atoms with Crippen molar-refractivity contribution in [2.75, 3.05) is 47.5 Å². The summed E-state index contributed by atoms with van der Waals surface area (Å²) < 4.78 is 23.0. The molecule has 0 bridgehead atoms. The first-order chi connectivity index (χ1) is 42.6.